The molecule has 2 aromatic carbocycles. The zero-order valence-corrected chi connectivity index (χ0v) is 20.2. The van der Waals surface area contributed by atoms with Gasteiger partial charge < -0.3 is 19.1 Å². The number of amides is 2. The highest BCUT2D eigenvalue weighted by atomic mass is 19.3. The molecule has 1 saturated carbocycles. The van der Waals surface area contributed by atoms with Gasteiger partial charge in [-0.15, -0.1) is 0 Å². The lowest BCUT2D eigenvalue weighted by Crippen LogP contribution is -2.50. The second kappa shape index (κ2) is 8.21. The van der Waals surface area contributed by atoms with Crippen LogP contribution in [-0.2, 0) is 4.79 Å². The Morgan fingerprint density at radius 1 is 1.23 bits per heavy atom. The molecule has 2 fully saturated rings. The number of alkyl halides is 4. The molecule has 39 heavy (non-hydrogen) atoms. The van der Waals surface area contributed by atoms with Crippen molar-refractivity contribution in [2.24, 2.45) is 11.8 Å². The van der Waals surface area contributed by atoms with Crippen LogP contribution in [0.25, 0.3) is 11.0 Å². The van der Waals surface area contributed by atoms with E-state index in [1.54, 1.807) is 22.8 Å². The molecule has 1 saturated heterocycles. The van der Waals surface area contributed by atoms with Gasteiger partial charge in [-0.1, -0.05) is 17.9 Å². The molecule has 3 atom stereocenters. The summed E-state index contributed by atoms with van der Waals surface area (Å²) in [5.74, 6) is 0.546. The molecule has 4 aliphatic rings. The van der Waals surface area contributed by atoms with Crippen LogP contribution in [0, 0.1) is 23.7 Å². The second-order valence-corrected chi connectivity index (χ2v) is 10.3. The summed E-state index contributed by atoms with van der Waals surface area (Å²) in [6.07, 6.45) is -0.310. The highest BCUT2D eigenvalue weighted by Gasteiger charge is 2.62. The minimum Gasteiger partial charge on any atom is -0.434 e. The van der Waals surface area contributed by atoms with Crippen molar-refractivity contribution in [1.29, 1.82) is 0 Å². The average molecular weight is 542 g/mol. The number of imidazole rings is 1. The predicted molar refractivity (Wildman–Crippen MR) is 130 cm³/mol. The molecule has 3 aromatic rings. The van der Waals surface area contributed by atoms with E-state index in [-0.39, 0.29) is 42.3 Å². The lowest BCUT2D eigenvalue weighted by atomic mass is 9.97. The molecule has 0 N–H and O–H groups in total. The molecule has 1 aromatic heterocycles. The SMILES string of the molecule is [2H]C([2H])([2H])N1C(=O)c2cccc(OC(F)F)c2[C@H]2C[C@@H]1c1nc3ccc(C#CC4CN(C(=O)C5CC5(F)F)C4)cc3n12. The fourth-order valence-corrected chi connectivity index (χ4v) is 5.82. The topological polar surface area (TPSA) is 67.7 Å². The number of benzene rings is 2. The third-order valence-electron chi connectivity index (χ3n) is 7.89. The molecule has 200 valence electrons. The fourth-order valence-electron chi connectivity index (χ4n) is 5.82. The number of rotatable bonds is 3. The summed E-state index contributed by atoms with van der Waals surface area (Å²) >= 11 is 0. The van der Waals surface area contributed by atoms with E-state index in [1.165, 1.54) is 23.1 Å². The molecule has 4 heterocycles. The Morgan fingerprint density at radius 2 is 2.03 bits per heavy atom. The zero-order valence-electron chi connectivity index (χ0n) is 23.2. The van der Waals surface area contributed by atoms with Gasteiger partial charge in [-0.3, -0.25) is 9.59 Å². The number of aromatic nitrogens is 2. The van der Waals surface area contributed by atoms with Crippen LogP contribution in [0.3, 0.4) is 0 Å². The highest BCUT2D eigenvalue weighted by Crippen LogP contribution is 2.51. The van der Waals surface area contributed by atoms with Gasteiger partial charge in [0.1, 0.15) is 17.5 Å². The number of likely N-dealkylation sites (tertiary alicyclic amines) is 1. The van der Waals surface area contributed by atoms with Crippen molar-refractivity contribution >= 4 is 22.8 Å². The number of carbonyl (C=O) groups excluding carboxylic acids is 2. The van der Waals surface area contributed by atoms with Gasteiger partial charge in [0.05, 0.1) is 29.0 Å². The summed E-state index contributed by atoms with van der Waals surface area (Å²) in [4.78, 5) is 32.4. The normalized spacial score (nSPS) is 26.0. The molecule has 1 aliphatic carbocycles. The quantitative estimate of drug-likeness (QED) is 0.368. The van der Waals surface area contributed by atoms with Gasteiger partial charge in [-0.2, -0.15) is 8.78 Å². The Kier molecular flexibility index (Phi) is 4.39. The summed E-state index contributed by atoms with van der Waals surface area (Å²) in [7, 11) is 0. The summed E-state index contributed by atoms with van der Waals surface area (Å²) < 4.78 is 84.0. The van der Waals surface area contributed by atoms with Crippen molar-refractivity contribution in [3.05, 3.63) is 58.9 Å². The minimum absolute atomic E-state index is 0.0340. The first-order valence-electron chi connectivity index (χ1n) is 13.9. The Hall–Kier alpha value is -4.07. The van der Waals surface area contributed by atoms with E-state index in [1.807, 2.05) is 0 Å². The Balaban J connectivity index is 1.25. The summed E-state index contributed by atoms with van der Waals surface area (Å²) in [6, 6.07) is 7.61. The van der Waals surface area contributed by atoms with Crippen LogP contribution < -0.4 is 4.74 Å². The monoisotopic (exact) mass is 541 g/mol. The van der Waals surface area contributed by atoms with Crippen molar-refractivity contribution in [1.82, 2.24) is 19.4 Å². The van der Waals surface area contributed by atoms with Crippen LogP contribution in [0.4, 0.5) is 17.6 Å². The number of ether oxygens (including phenoxy) is 1. The molecule has 3 aliphatic heterocycles. The number of carbonyl (C=O) groups is 2. The Bertz CT molecular complexity index is 1720. The molecule has 7 rings (SSSR count). The fraction of sp³-hybridized carbons (Fsp3) is 0.393. The first-order chi connectivity index (χ1) is 19.8. The predicted octanol–water partition coefficient (Wildman–Crippen LogP) is 4.22. The van der Waals surface area contributed by atoms with Gasteiger partial charge in [0.2, 0.25) is 5.91 Å². The largest absolute Gasteiger partial charge is 0.434 e. The smallest absolute Gasteiger partial charge is 0.387 e. The summed E-state index contributed by atoms with van der Waals surface area (Å²) in [5, 5.41) is 0. The van der Waals surface area contributed by atoms with Crippen LogP contribution >= 0.6 is 0 Å². The van der Waals surface area contributed by atoms with Gasteiger partial charge in [-0.05, 0) is 30.3 Å². The number of halogens is 4. The van der Waals surface area contributed by atoms with Crippen LogP contribution in [-0.4, -0.2) is 63.8 Å². The maximum absolute atomic E-state index is 13.5. The molecular formula is C28H22F4N4O3. The third-order valence-corrected chi connectivity index (χ3v) is 7.89. The van der Waals surface area contributed by atoms with Gasteiger partial charge in [0.25, 0.3) is 11.8 Å². The maximum atomic E-state index is 13.5. The van der Waals surface area contributed by atoms with Crippen LogP contribution in [0.2, 0.25) is 0 Å². The molecule has 0 spiro atoms. The van der Waals surface area contributed by atoms with E-state index in [9.17, 15) is 27.2 Å². The van der Waals surface area contributed by atoms with Crippen molar-refractivity contribution in [2.45, 2.75) is 37.5 Å². The van der Waals surface area contributed by atoms with E-state index in [0.717, 1.165) is 4.90 Å². The number of hydrogen-bond donors (Lipinski definition) is 0. The summed E-state index contributed by atoms with van der Waals surface area (Å²) in [6.45, 7) is -5.44. The van der Waals surface area contributed by atoms with Crippen LogP contribution in [0.1, 0.15) is 56.3 Å². The molecular weight excluding hydrogens is 516 g/mol. The van der Waals surface area contributed by atoms with Gasteiger partial charge in [0.15, 0.2) is 0 Å². The van der Waals surface area contributed by atoms with Crippen molar-refractivity contribution in [3.63, 3.8) is 0 Å². The van der Waals surface area contributed by atoms with Crippen LogP contribution in [0.5, 0.6) is 5.75 Å². The Morgan fingerprint density at radius 3 is 2.74 bits per heavy atom. The first kappa shape index (κ1) is 20.8. The van der Waals surface area contributed by atoms with Crippen molar-refractivity contribution < 1.29 is 36.0 Å². The summed E-state index contributed by atoms with van der Waals surface area (Å²) in [5.41, 5.74) is 1.79. The molecule has 11 heteroatoms. The maximum Gasteiger partial charge on any atom is 0.387 e. The van der Waals surface area contributed by atoms with Crippen LogP contribution in [0.15, 0.2) is 36.4 Å². The molecule has 1 unspecified atom stereocenters. The first-order valence-corrected chi connectivity index (χ1v) is 12.4. The van der Waals surface area contributed by atoms with E-state index in [2.05, 4.69) is 16.8 Å². The van der Waals surface area contributed by atoms with E-state index >= 15 is 0 Å². The molecule has 2 bridgehead atoms. The number of fused-ring (bicyclic) bond motifs is 9. The highest BCUT2D eigenvalue weighted by molar-refractivity contribution is 5.98. The third kappa shape index (κ3) is 3.68. The zero-order chi connectivity index (χ0) is 29.7. The molecule has 2 amide bonds. The average Bonchev–Trinajstić information content (AvgIpc) is 3.23. The Labute approximate surface area is 224 Å². The number of nitrogens with zero attached hydrogens (tertiary/aromatic N) is 4. The molecule has 0 radical (unpaired) electrons. The lowest BCUT2D eigenvalue weighted by molar-refractivity contribution is -0.139. The van der Waals surface area contributed by atoms with Gasteiger partial charge in [0, 0.05) is 53.7 Å². The minimum atomic E-state index is -3.16. The van der Waals surface area contributed by atoms with E-state index in [4.69, 9.17) is 8.85 Å². The van der Waals surface area contributed by atoms with Crippen molar-refractivity contribution in [2.75, 3.05) is 20.1 Å². The second-order valence-electron chi connectivity index (χ2n) is 10.3. The van der Waals surface area contributed by atoms with Crippen molar-refractivity contribution in [3.8, 4) is 17.6 Å². The lowest BCUT2D eigenvalue weighted by Gasteiger charge is -2.36. The molecule has 7 nitrogen and oxygen atoms in total. The standard InChI is InChI=1S/C28H22F4N4O3/c1-34-21-10-20(23-16(25(34)37)3-2-4-22(23)39-27(29)30)36-19-9-14(7-8-18(19)33-24(21)36)5-6-15-12-35(13-15)26(38)17-11-28(17,31)32/h2-4,7-9,15,17,20-21,27H,10-13H2,1H3/t17?,20-,21-/m1/s1/i1D3. The van der Waals surface area contributed by atoms with Gasteiger partial charge >= 0.3 is 6.61 Å². The van der Waals surface area contributed by atoms with E-state index < -0.39 is 55.7 Å². The number of hydrogen-bond acceptors (Lipinski definition) is 4. The van der Waals surface area contributed by atoms with Gasteiger partial charge in [-0.25, -0.2) is 13.8 Å². The van der Waals surface area contributed by atoms with E-state index in [0.29, 0.717) is 22.4 Å².